The van der Waals surface area contributed by atoms with Crippen molar-refractivity contribution in [1.29, 1.82) is 0 Å². The summed E-state index contributed by atoms with van der Waals surface area (Å²) in [5, 5.41) is 8.54. The van der Waals surface area contributed by atoms with Gasteiger partial charge < -0.3 is 5.11 Å². The van der Waals surface area contributed by atoms with Gasteiger partial charge in [0.2, 0.25) is 0 Å². The molecule has 110 valence electrons. The zero-order valence-electron chi connectivity index (χ0n) is 9.11. The first kappa shape index (κ1) is 15.7. The van der Waals surface area contributed by atoms with Gasteiger partial charge >= 0.3 is 16.2 Å². The Hall–Kier alpha value is -1.36. The predicted octanol–water partition coefficient (Wildman–Crippen LogP) is 3.45. The summed E-state index contributed by atoms with van der Waals surface area (Å²) >= 11 is 0. The Balaban J connectivity index is 3.81. The number of carbonyl (C=O) groups is 1. The number of benzene rings is 1. The molecule has 0 unspecified atom stereocenters. The van der Waals surface area contributed by atoms with Gasteiger partial charge in [-0.25, -0.2) is 13.2 Å². The molecule has 11 heteroatoms. The quantitative estimate of drug-likeness (QED) is 0.864. The van der Waals surface area contributed by atoms with Crippen LogP contribution in [0.5, 0.6) is 0 Å². The molecule has 0 amide bonds. The van der Waals surface area contributed by atoms with Crippen molar-refractivity contribution in [2.45, 2.75) is 9.79 Å². The Bertz CT molecular complexity index is 662. The van der Waals surface area contributed by atoms with Crippen LogP contribution in [0.3, 0.4) is 0 Å². The number of halogens is 5. The molecule has 1 rings (SSSR count). The maximum Gasteiger partial charge on any atom is 0.335 e. The van der Waals surface area contributed by atoms with Crippen LogP contribution in [0.4, 0.5) is 19.4 Å². The van der Waals surface area contributed by atoms with Gasteiger partial charge in [-0.1, -0.05) is 19.4 Å². The molecule has 0 bridgehead atoms. The van der Waals surface area contributed by atoms with Gasteiger partial charge in [0.15, 0.2) is 9.84 Å². The van der Waals surface area contributed by atoms with Gasteiger partial charge in [0.25, 0.3) is 0 Å². The number of aromatic carboxylic acids is 1. The maximum atomic E-state index is 12.6. The van der Waals surface area contributed by atoms with Crippen molar-refractivity contribution in [2.75, 3.05) is 6.26 Å². The molecule has 4 nitrogen and oxygen atoms in total. The second kappa shape index (κ2) is 3.39. The molecule has 0 saturated heterocycles. The topological polar surface area (TPSA) is 71.4 Å². The fraction of sp³-hybridized carbons (Fsp3) is 0.125. The van der Waals surface area contributed by atoms with E-state index in [9.17, 15) is 32.6 Å². The average molecular weight is 326 g/mol. The third-order valence-corrected chi connectivity index (χ3v) is 4.22. The standard InChI is InChI=1S/C8H7F5O4S2/c1-18(16,17)6-2-5(8(14)15)3-7(4-6)19(9,10,11,12)13/h2-4H,1H3,(H,14,15). The third kappa shape index (κ3) is 3.80. The Morgan fingerprint density at radius 1 is 1.11 bits per heavy atom. The molecule has 0 aromatic heterocycles. The smallest absolute Gasteiger partial charge is 0.335 e. The summed E-state index contributed by atoms with van der Waals surface area (Å²) in [4.78, 5) is 6.88. The van der Waals surface area contributed by atoms with Crippen LogP contribution in [0.15, 0.2) is 28.0 Å². The number of hydrogen-bond donors (Lipinski definition) is 1. The average Bonchev–Trinajstić information content (AvgIpc) is 2.12. The monoisotopic (exact) mass is 326 g/mol. The van der Waals surface area contributed by atoms with Crippen LogP contribution >= 0.6 is 10.2 Å². The van der Waals surface area contributed by atoms with Crippen molar-refractivity contribution in [3.8, 4) is 0 Å². The molecule has 1 aromatic carbocycles. The lowest BCUT2D eigenvalue weighted by atomic mass is 10.2. The molecule has 0 spiro atoms. The molecule has 0 radical (unpaired) electrons. The first-order valence-corrected chi connectivity index (χ1v) is 8.17. The lowest BCUT2D eigenvalue weighted by Crippen LogP contribution is -2.10. The summed E-state index contributed by atoms with van der Waals surface area (Å²) in [6.07, 6.45) is 0.475. The lowest BCUT2D eigenvalue weighted by molar-refractivity contribution is 0.0696. The molecular weight excluding hydrogens is 319 g/mol. The summed E-state index contributed by atoms with van der Waals surface area (Å²) < 4.78 is 85.1. The van der Waals surface area contributed by atoms with Gasteiger partial charge in [0.1, 0.15) is 4.90 Å². The van der Waals surface area contributed by atoms with Crippen molar-refractivity contribution in [3.63, 3.8) is 0 Å². The SMILES string of the molecule is CS(=O)(=O)c1cc(C(=O)O)cc(S(F)(F)(F)(F)F)c1. The fourth-order valence-corrected chi connectivity index (χ4v) is 2.59. The molecule has 0 aliphatic rings. The van der Waals surface area contributed by atoms with E-state index in [-0.39, 0.29) is 12.1 Å². The summed E-state index contributed by atoms with van der Waals surface area (Å²) in [5.41, 5.74) is -1.19. The fourth-order valence-electron chi connectivity index (χ4n) is 1.13. The molecule has 0 aliphatic carbocycles. The van der Waals surface area contributed by atoms with Crippen LogP contribution in [-0.4, -0.2) is 25.7 Å². The van der Waals surface area contributed by atoms with E-state index in [2.05, 4.69) is 0 Å². The van der Waals surface area contributed by atoms with Gasteiger partial charge in [-0.15, -0.1) is 0 Å². The Morgan fingerprint density at radius 2 is 1.58 bits per heavy atom. The highest BCUT2D eigenvalue weighted by Gasteiger charge is 2.65. The van der Waals surface area contributed by atoms with E-state index in [1.807, 2.05) is 0 Å². The van der Waals surface area contributed by atoms with Gasteiger partial charge in [-0.05, 0) is 18.2 Å². The molecule has 0 saturated carbocycles. The molecule has 0 fully saturated rings. The van der Waals surface area contributed by atoms with Crippen molar-refractivity contribution in [3.05, 3.63) is 23.8 Å². The van der Waals surface area contributed by atoms with E-state index in [1.165, 1.54) is 0 Å². The van der Waals surface area contributed by atoms with Crippen LogP contribution in [0.1, 0.15) is 10.4 Å². The molecule has 0 heterocycles. The van der Waals surface area contributed by atoms with Crippen LogP contribution in [0.2, 0.25) is 0 Å². The lowest BCUT2D eigenvalue weighted by Gasteiger charge is -2.40. The number of carboxylic acids is 1. The van der Waals surface area contributed by atoms with Crippen LogP contribution in [0, 0.1) is 0 Å². The highest BCUT2D eigenvalue weighted by molar-refractivity contribution is 8.45. The zero-order valence-corrected chi connectivity index (χ0v) is 10.7. The summed E-state index contributed by atoms with van der Waals surface area (Å²) in [7, 11) is -14.4. The first-order valence-electron chi connectivity index (χ1n) is 4.33. The van der Waals surface area contributed by atoms with E-state index in [0.717, 1.165) is 0 Å². The Morgan fingerprint density at radius 3 is 1.89 bits per heavy atom. The minimum Gasteiger partial charge on any atom is -0.478 e. The zero-order chi connectivity index (χ0) is 15.3. The Labute approximate surface area is 104 Å². The van der Waals surface area contributed by atoms with E-state index in [1.54, 1.807) is 0 Å². The third-order valence-electron chi connectivity index (χ3n) is 2.00. The van der Waals surface area contributed by atoms with E-state index in [0.29, 0.717) is 12.3 Å². The molecule has 1 aromatic rings. The van der Waals surface area contributed by atoms with Crippen LogP contribution < -0.4 is 0 Å². The van der Waals surface area contributed by atoms with Crippen LogP contribution in [-0.2, 0) is 9.84 Å². The summed E-state index contributed by atoms with van der Waals surface area (Å²) in [6, 6.07) is -0.188. The van der Waals surface area contributed by atoms with Gasteiger partial charge in [-0.3, -0.25) is 0 Å². The van der Waals surface area contributed by atoms with Crippen molar-refractivity contribution in [1.82, 2.24) is 0 Å². The van der Waals surface area contributed by atoms with E-state index in [4.69, 9.17) is 5.11 Å². The number of hydrogen-bond acceptors (Lipinski definition) is 3. The van der Waals surface area contributed by atoms with Gasteiger partial charge in [0.05, 0.1) is 10.5 Å². The van der Waals surface area contributed by atoms with Crippen molar-refractivity contribution < 1.29 is 37.7 Å². The summed E-state index contributed by atoms with van der Waals surface area (Å²) in [6.45, 7) is 0. The van der Waals surface area contributed by atoms with E-state index < -0.39 is 41.4 Å². The largest absolute Gasteiger partial charge is 0.478 e. The molecule has 19 heavy (non-hydrogen) atoms. The minimum absolute atomic E-state index is 0.274. The summed E-state index contributed by atoms with van der Waals surface area (Å²) in [5.74, 6) is -1.95. The van der Waals surface area contributed by atoms with Crippen molar-refractivity contribution in [2.24, 2.45) is 0 Å². The van der Waals surface area contributed by atoms with Crippen LogP contribution in [0.25, 0.3) is 0 Å². The normalized spacial score (nSPS) is 16.5. The van der Waals surface area contributed by atoms with Gasteiger partial charge in [0, 0.05) is 6.26 Å². The highest BCUT2D eigenvalue weighted by Crippen LogP contribution is 3.02. The highest BCUT2D eigenvalue weighted by atomic mass is 32.5. The molecule has 0 atom stereocenters. The van der Waals surface area contributed by atoms with Gasteiger partial charge in [-0.2, -0.15) is 0 Å². The van der Waals surface area contributed by atoms with Crippen molar-refractivity contribution >= 4 is 26.0 Å². The maximum absolute atomic E-state index is 12.6. The van der Waals surface area contributed by atoms with E-state index >= 15 is 0 Å². The first-order chi connectivity index (χ1) is 8.00. The number of carboxylic acid groups (broad SMARTS) is 1. The number of sulfone groups is 1. The molecular formula is C8H7F5O4S2. The minimum atomic E-state index is -10.2. The molecule has 1 N–H and O–H groups in total. The molecule has 0 aliphatic heterocycles. The second-order valence-corrected chi connectivity index (χ2v) is 8.16. The Kier molecular flexibility index (Phi) is 2.80. The predicted molar refractivity (Wildman–Crippen MR) is 57.9 cm³/mol. The second-order valence-electron chi connectivity index (χ2n) is 3.74. The number of rotatable bonds is 3.